The lowest BCUT2D eigenvalue weighted by Gasteiger charge is -2.51. The van der Waals surface area contributed by atoms with Crippen LogP contribution in [0.1, 0.15) is 114 Å². The van der Waals surface area contributed by atoms with Gasteiger partial charge < -0.3 is 14.4 Å². The summed E-state index contributed by atoms with van der Waals surface area (Å²) in [5.41, 5.74) is 1.98. The summed E-state index contributed by atoms with van der Waals surface area (Å²) in [6, 6.07) is 5.57. The summed E-state index contributed by atoms with van der Waals surface area (Å²) in [5.74, 6) is -2.72. The van der Waals surface area contributed by atoms with Crippen LogP contribution in [0.4, 0.5) is 39.9 Å². The first-order valence-electron chi connectivity index (χ1n) is 19.0. The van der Waals surface area contributed by atoms with Crippen molar-refractivity contribution in [1.29, 1.82) is 0 Å². The number of halogens is 8. The van der Waals surface area contributed by atoms with Gasteiger partial charge in [0.25, 0.3) is 0 Å². The lowest BCUT2D eigenvalue weighted by molar-refractivity contribution is -0.284. The molecule has 300 valence electrons. The average molecular weight is 786 g/mol. The molecule has 6 nitrogen and oxygen atoms in total. The Morgan fingerprint density at radius 2 is 1.64 bits per heavy atom. The smallest absolute Gasteiger partial charge is 0.410 e. The number of hydrogen-bond acceptors (Lipinski definition) is 5. The van der Waals surface area contributed by atoms with Crippen LogP contribution >= 0.6 is 0 Å². The van der Waals surface area contributed by atoms with Crippen LogP contribution in [-0.4, -0.2) is 76.6 Å². The van der Waals surface area contributed by atoms with Crippen molar-refractivity contribution in [2.24, 2.45) is 23.2 Å². The van der Waals surface area contributed by atoms with Gasteiger partial charge in [0.05, 0.1) is 13.2 Å². The van der Waals surface area contributed by atoms with Crippen molar-refractivity contribution in [1.82, 2.24) is 4.90 Å². The van der Waals surface area contributed by atoms with E-state index < -0.39 is 60.7 Å². The highest BCUT2D eigenvalue weighted by molar-refractivity contribution is 7.84. The van der Waals surface area contributed by atoms with E-state index in [1.165, 1.54) is 5.56 Å². The third-order valence-corrected chi connectivity index (χ3v) is 13.7. The van der Waals surface area contributed by atoms with Crippen molar-refractivity contribution in [3.8, 4) is 5.75 Å². The SMILES string of the molecule is C[C@]12CC[C@@H]3c4ccc(OC(=O)N5CCOC(C(F)(F)F)C5)cc4C[C@@H](CCCCCCCCCS(=O)CCCC(F)(F)C(F)(F)F)[C@H]3[C@@H]1CCC2=O. The second-order valence-electron chi connectivity index (χ2n) is 15.7. The zero-order valence-electron chi connectivity index (χ0n) is 30.2. The second-order valence-corrected chi connectivity index (χ2v) is 17.4. The van der Waals surface area contributed by atoms with Crippen LogP contribution in [0.3, 0.4) is 0 Å². The quantitative estimate of drug-likeness (QED) is 0.131. The minimum absolute atomic E-state index is 0.00465. The molecule has 1 aromatic rings. The van der Waals surface area contributed by atoms with Crippen LogP contribution in [0.25, 0.3) is 0 Å². The van der Waals surface area contributed by atoms with Crippen LogP contribution in [0, 0.1) is 23.2 Å². The molecule has 4 aliphatic rings. The van der Waals surface area contributed by atoms with Gasteiger partial charge in [-0.05, 0) is 91.9 Å². The summed E-state index contributed by atoms with van der Waals surface area (Å²) >= 11 is 0. The maximum absolute atomic E-state index is 13.2. The van der Waals surface area contributed by atoms with Gasteiger partial charge in [-0.3, -0.25) is 9.00 Å². The van der Waals surface area contributed by atoms with E-state index in [0.717, 1.165) is 81.1 Å². The number of alkyl halides is 8. The number of carbonyl (C=O) groups is 2. The Labute approximate surface area is 308 Å². The van der Waals surface area contributed by atoms with Gasteiger partial charge in [-0.15, -0.1) is 0 Å². The molecule has 1 aromatic carbocycles. The predicted octanol–water partition coefficient (Wildman–Crippen LogP) is 9.95. The number of ether oxygens (including phenoxy) is 2. The molecule has 7 atom stereocenters. The minimum atomic E-state index is -5.59. The summed E-state index contributed by atoms with van der Waals surface area (Å²) < 4.78 is 125. The number of morpholine rings is 1. The van der Waals surface area contributed by atoms with Crippen LogP contribution in [-0.2, 0) is 26.8 Å². The molecule has 2 saturated carbocycles. The highest BCUT2D eigenvalue weighted by atomic mass is 32.2. The molecule has 15 heteroatoms. The van der Waals surface area contributed by atoms with Gasteiger partial charge in [-0.2, -0.15) is 35.1 Å². The molecule has 0 N–H and O–H groups in total. The van der Waals surface area contributed by atoms with Crippen LogP contribution in [0.15, 0.2) is 18.2 Å². The number of amides is 1. The van der Waals surface area contributed by atoms with Crippen LogP contribution in [0.2, 0.25) is 0 Å². The van der Waals surface area contributed by atoms with E-state index in [2.05, 4.69) is 6.92 Å². The molecular weight excluding hydrogens is 734 g/mol. The van der Waals surface area contributed by atoms with Crippen molar-refractivity contribution in [2.75, 3.05) is 31.2 Å². The summed E-state index contributed by atoms with van der Waals surface area (Å²) in [6.45, 7) is 1.29. The molecule has 0 bridgehead atoms. The molecule has 1 saturated heterocycles. The van der Waals surface area contributed by atoms with Crippen LogP contribution in [0.5, 0.6) is 5.75 Å². The molecule has 0 aromatic heterocycles. The third-order valence-electron chi connectivity index (χ3n) is 12.2. The number of benzene rings is 1. The predicted molar refractivity (Wildman–Crippen MR) is 183 cm³/mol. The zero-order valence-corrected chi connectivity index (χ0v) is 31.0. The maximum atomic E-state index is 13.2. The largest absolute Gasteiger partial charge is 0.453 e. The molecule has 3 aliphatic carbocycles. The number of rotatable bonds is 15. The first kappa shape index (κ1) is 41.9. The molecule has 3 fully saturated rings. The zero-order chi connectivity index (χ0) is 38.6. The summed E-state index contributed by atoms with van der Waals surface area (Å²) in [7, 11) is -1.42. The number of unbranched alkanes of at least 4 members (excludes halogenated alkanes) is 6. The fraction of sp³-hybridized carbons (Fsp3) is 0.789. The van der Waals surface area contributed by atoms with Crippen molar-refractivity contribution in [3.05, 3.63) is 29.3 Å². The highest BCUT2D eigenvalue weighted by Crippen LogP contribution is 2.61. The number of fused-ring (bicyclic) bond motifs is 5. The van der Waals surface area contributed by atoms with E-state index in [1.807, 2.05) is 12.1 Å². The topological polar surface area (TPSA) is 72.9 Å². The Bertz CT molecular complexity index is 1450. The van der Waals surface area contributed by atoms with Crippen molar-refractivity contribution in [2.45, 2.75) is 134 Å². The number of carbonyl (C=O) groups excluding carboxylic acids is 2. The van der Waals surface area contributed by atoms with E-state index in [1.54, 1.807) is 6.07 Å². The number of hydrogen-bond donors (Lipinski definition) is 0. The maximum Gasteiger partial charge on any atom is 0.453 e. The van der Waals surface area contributed by atoms with E-state index in [-0.39, 0.29) is 30.2 Å². The number of nitrogens with zero attached hydrogens (tertiary/aromatic N) is 1. The van der Waals surface area contributed by atoms with Crippen molar-refractivity contribution < 1.29 is 58.4 Å². The van der Waals surface area contributed by atoms with Crippen molar-refractivity contribution >= 4 is 22.7 Å². The molecule has 1 amide bonds. The lowest BCUT2D eigenvalue weighted by Crippen LogP contribution is -2.51. The molecule has 2 unspecified atom stereocenters. The summed E-state index contributed by atoms with van der Waals surface area (Å²) in [6.07, 6.45) is -3.55. The molecular formula is C38H51F8NO5S. The molecule has 0 spiro atoms. The Kier molecular flexibility index (Phi) is 13.6. The first-order valence-corrected chi connectivity index (χ1v) is 20.5. The average Bonchev–Trinajstić information content (AvgIpc) is 3.39. The van der Waals surface area contributed by atoms with E-state index in [9.17, 15) is 48.9 Å². The molecule has 1 heterocycles. The Balaban J connectivity index is 1.10. The van der Waals surface area contributed by atoms with Gasteiger partial charge >= 0.3 is 24.4 Å². The molecule has 53 heavy (non-hydrogen) atoms. The van der Waals surface area contributed by atoms with Gasteiger partial charge in [-0.25, -0.2) is 4.79 Å². The van der Waals surface area contributed by atoms with Gasteiger partial charge in [0, 0.05) is 47.1 Å². The highest BCUT2D eigenvalue weighted by Gasteiger charge is 2.57. The Hall–Kier alpha value is -2.29. The molecule has 1 aliphatic heterocycles. The third kappa shape index (κ3) is 10.1. The standard InChI is InChI=1S/C38H51F8NO5S/c1-35-17-15-29-28-12-11-27(52-34(49)47-18-19-51-32(24-47)37(41,42)43)23-26(28)22-25(33(29)30(35)13-14-31(35)48)10-7-5-3-2-4-6-8-20-53(50)21-9-16-36(39,40)38(44,45)46/h11-12,23,25,29-30,32-33H,2-10,13-22,24H2,1H3/t25-,29-,30+,32?,33-,35+,53?/m1/s1. The van der Waals surface area contributed by atoms with Crippen LogP contribution < -0.4 is 4.74 Å². The van der Waals surface area contributed by atoms with Gasteiger partial charge in [0.1, 0.15) is 11.5 Å². The first-order chi connectivity index (χ1) is 24.9. The van der Waals surface area contributed by atoms with Gasteiger partial charge in [-0.1, -0.05) is 51.5 Å². The normalized spacial score (nSPS) is 28.3. The Morgan fingerprint density at radius 3 is 2.34 bits per heavy atom. The minimum Gasteiger partial charge on any atom is -0.410 e. The molecule has 0 radical (unpaired) electrons. The van der Waals surface area contributed by atoms with E-state index in [0.29, 0.717) is 47.9 Å². The lowest BCUT2D eigenvalue weighted by atomic mass is 9.52. The Morgan fingerprint density at radius 1 is 0.962 bits per heavy atom. The summed E-state index contributed by atoms with van der Waals surface area (Å²) in [4.78, 5) is 27.0. The summed E-state index contributed by atoms with van der Waals surface area (Å²) in [5, 5.41) is 0. The fourth-order valence-electron chi connectivity index (χ4n) is 9.32. The molecule has 5 rings (SSSR count). The monoisotopic (exact) mass is 785 g/mol. The fourth-order valence-corrected chi connectivity index (χ4v) is 10.5. The van der Waals surface area contributed by atoms with Crippen molar-refractivity contribution in [3.63, 3.8) is 0 Å². The number of Topliss-reactive ketones (excluding diaryl/α,β-unsaturated/α-hetero) is 1. The van der Waals surface area contributed by atoms with Gasteiger partial charge in [0.2, 0.25) is 0 Å². The van der Waals surface area contributed by atoms with E-state index >= 15 is 0 Å². The van der Waals surface area contributed by atoms with E-state index in [4.69, 9.17) is 9.47 Å². The second kappa shape index (κ2) is 17.2. The van der Waals surface area contributed by atoms with Gasteiger partial charge in [0.15, 0.2) is 6.10 Å². The number of ketones is 1.